The zero-order chi connectivity index (χ0) is 13.8. The van der Waals surface area contributed by atoms with Gasteiger partial charge in [-0.25, -0.2) is 0 Å². The number of rotatable bonds is 4. The van der Waals surface area contributed by atoms with Gasteiger partial charge in [0.2, 0.25) is 0 Å². The number of fused-ring (bicyclic) bond motifs is 1. The van der Waals surface area contributed by atoms with Crippen molar-refractivity contribution in [3.63, 3.8) is 0 Å². The molecule has 1 aliphatic rings. The Hall–Kier alpha value is -1.81. The van der Waals surface area contributed by atoms with Gasteiger partial charge in [-0.15, -0.1) is 0 Å². The summed E-state index contributed by atoms with van der Waals surface area (Å²) in [6, 6.07) is 9.61. The van der Waals surface area contributed by atoms with Crippen LogP contribution in [0.25, 0.3) is 10.8 Å². The number of nitrogens with one attached hydrogen (secondary N) is 2. The van der Waals surface area contributed by atoms with Gasteiger partial charge < -0.3 is 15.0 Å². The Labute approximate surface area is 118 Å². The molecule has 0 amide bonds. The highest BCUT2D eigenvalue weighted by atomic mass is 16.5. The number of aromatic amines is 1. The number of anilines is 1. The van der Waals surface area contributed by atoms with E-state index in [1.807, 2.05) is 30.3 Å². The van der Waals surface area contributed by atoms with Crippen molar-refractivity contribution in [1.82, 2.24) is 4.98 Å². The summed E-state index contributed by atoms with van der Waals surface area (Å²) in [5, 5.41) is 4.99. The highest BCUT2D eigenvalue weighted by molar-refractivity contribution is 5.83. The molecule has 1 saturated heterocycles. The van der Waals surface area contributed by atoms with Gasteiger partial charge in [0.15, 0.2) is 0 Å². The van der Waals surface area contributed by atoms with E-state index in [4.69, 9.17) is 4.74 Å². The fourth-order valence-corrected chi connectivity index (χ4v) is 2.71. The van der Waals surface area contributed by atoms with Crippen LogP contribution in [0.1, 0.15) is 25.7 Å². The van der Waals surface area contributed by atoms with Gasteiger partial charge in [-0.1, -0.05) is 18.2 Å². The molecule has 2 N–H and O–H groups in total. The van der Waals surface area contributed by atoms with Gasteiger partial charge in [-0.2, -0.15) is 0 Å². The summed E-state index contributed by atoms with van der Waals surface area (Å²) in [7, 11) is 0. The lowest BCUT2D eigenvalue weighted by molar-refractivity contribution is 0.0134. The van der Waals surface area contributed by atoms with Crippen molar-refractivity contribution in [2.24, 2.45) is 0 Å². The minimum Gasteiger partial charge on any atom is -0.378 e. The van der Waals surface area contributed by atoms with Crippen molar-refractivity contribution in [1.29, 1.82) is 0 Å². The van der Waals surface area contributed by atoms with Crippen LogP contribution >= 0.6 is 0 Å². The molecule has 2 heterocycles. The van der Waals surface area contributed by atoms with Crippen LogP contribution in [0, 0.1) is 0 Å². The van der Waals surface area contributed by atoms with E-state index in [1.165, 1.54) is 12.8 Å². The zero-order valence-corrected chi connectivity index (χ0v) is 11.5. The molecule has 0 spiro atoms. The normalized spacial score (nSPS) is 19.1. The van der Waals surface area contributed by atoms with Crippen LogP contribution < -0.4 is 10.9 Å². The smallest absolute Gasteiger partial charge is 0.257 e. The maximum Gasteiger partial charge on any atom is 0.257 e. The summed E-state index contributed by atoms with van der Waals surface area (Å²) in [5.41, 5.74) is -0.0421. The Morgan fingerprint density at radius 1 is 1.30 bits per heavy atom. The zero-order valence-electron chi connectivity index (χ0n) is 11.5. The molecule has 1 unspecified atom stereocenters. The lowest BCUT2D eigenvalue weighted by atomic mass is 10.1. The third kappa shape index (κ3) is 3.02. The summed E-state index contributed by atoms with van der Waals surface area (Å²) < 4.78 is 5.70. The summed E-state index contributed by atoms with van der Waals surface area (Å²) >= 11 is 0. The van der Waals surface area contributed by atoms with E-state index >= 15 is 0 Å². The molecule has 0 aliphatic carbocycles. The molecule has 0 saturated carbocycles. The van der Waals surface area contributed by atoms with Crippen molar-refractivity contribution >= 4 is 16.6 Å². The lowest BCUT2D eigenvalue weighted by Crippen LogP contribution is -2.22. The van der Waals surface area contributed by atoms with Gasteiger partial charge in [0.25, 0.3) is 5.56 Å². The van der Waals surface area contributed by atoms with Gasteiger partial charge >= 0.3 is 0 Å². The van der Waals surface area contributed by atoms with Crippen LogP contribution in [0.4, 0.5) is 5.82 Å². The number of hydrogen-bond donors (Lipinski definition) is 2. The van der Waals surface area contributed by atoms with E-state index in [2.05, 4.69) is 10.3 Å². The van der Waals surface area contributed by atoms with Crippen LogP contribution in [-0.4, -0.2) is 24.2 Å². The maximum absolute atomic E-state index is 11.9. The number of hydrogen-bond acceptors (Lipinski definition) is 3. The molecule has 1 aliphatic heterocycles. The quantitative estimate of drug-likeness (QED) is 0.899. The molecular weight excluding hydrogens is 252 g/mol. The van der Waals surface area contributed by atoms with Crippen LogP contribution in [-0.2, 0) is 4.74 Å². The largest absolute Gasteiger partial charge is 0.378 e. The number of ether oxygens (including phenoxy) is 1. The van der Waals surface area contributed by atoms with Gasteiger partial charge in [0, 0.05) is 18.5 Å². The second-order valence-corrected chi connectivity index (χ2v) is 5.30. The number of H-pyrrole nitrogens is 1. The Bertz CT molecular complexity index is 630. The first-order valence-corrected chi connectivity index (χ1v) is 7.30. The van der Waals surface area contributed by atoms with Gasteiger partial charge in [-0.3, -0.25) is 4.79 Å². The summed E-state index contributed by atoms with van der Waals surface area (Å²) in [4.78, 5) is 14.8. The molecule has 20 heavy (non-hydrogen) atoms. The highest BCUT2D eigenvalue weighted by Gasteiger charge is 2.13. The average Bonchev–Trinajstić information content (AvgIpc) is 2.48. The fraction of sp³-hybridized carbons (Fsp3) is 0.438. The SMILES string of the molecule is O=c1[nH]c(NCCC2CCCCO2)cc2ccccc12. The van der Waals surface area contributed by atoms with Crippen molar-refractivity contribution in [2.45, 2.75) is 31.8 Å². The Morgan fingerprint density at radius 2 is 2.20 bits per heavy atom. The molecule has 0 bridgehead atoms. The van der Waals surface area contributed by atoms with Crippen LogP contribution in [0.3, 0.4) is 0 Å². The number of pyridine rings is 1. The molecule has 1 aromatic heterocycles. The summed E-state index contributed by atoms with van der Waals surface area (Å²) in [6.07, 6.45) is 4.94. The molecule has 1 atom stereocenters. The third-order valence-electron chi connectivity index (χ3n) is 3.81. The van der Waals surface area contributed by atoms with E-state index in [9.17, 15) is 4.79 Å². The van der Waals surface area contributed by atoms with Crippen LogP contribution in [0.15, 0.2) is 35.1 Å². The van der Waals surface area contributed by atoms with E-state index in [-0.39, 0.29) is 5.56 Å². The van der Waals surface area contributed by atoms with E-state index in [0.717, 1.165) is 42.6 Å². The third-order valence-corrected chi connectivity index (χ3v) is 3.81. The first-order valence-electron chi connectivity index (χ1n) is 7.30. The molecule has 1 aromatic carbocycles. The molecule has 4 heteroatoms. The average molecular weight is 272 g/mol. The van der Waals surface area contributed by atoms with Gasteiger partial charge in [-0.05, 0) is 43.2 Å². The van der Waals surface area contributed by atoms with Crippen molar-refractivity contribution in [3.8, 4) is 0 Å². The molecule has 2 aromatic rings. The molecule has 3 rings (SSSR count). The summed E-state index contributed by atoms with van der Waals surface area (Å²) in [6.45, 7) is 1.70. The number of benzene rings is 1. The second-order valence-electron chi connectivity index (χ2n) is 5.30. The minimum atomic E-state index is -0.0421. The second kappa shape index (κ2) is 6.09. The van der Waals surface area contributed by atoms with Gasteiger partial charge in [0.1, 0.15) is 5.82 Å². The fourth-order valence-electron chi connectivity index (χ4n) is 2.71. The van der Waals surface area contributed by atoms with Crippen molar-refractivity contribution in [3.05, 3.63) is 40.7 Å². The molecule has 1 fully saturated rings. The van der Waals surface area contributed by atoms with E-state index in [1.54, 1.807) is 0 Å². The Balaban J connectivity index is 1.64. The Kier molecular flexibility index (Phi) is 4.02. The predicted molar refractivity (Wildman–Crippen MR) is 81.3 cm³/mol. The first kappa shape index (κ1) is 13.2. The molecular formula is C16H20N2O2. The van der Waals surface area contributed by atoms with E-state index in [0.29, 0.717) is 6.10 Å². The molecule has 4 nitrogen and oxygen atoms in total. The van der Waals surface area contributed by atoms with Crippen molar-refractivity contribution < 1.29 is 4.74 Å². The van der Waals surface area contributed by atoms with E-state index < -0.39 is 0 Å². The van der Waals surface area contributed by atoms with Crippen molar-refractivity contribution in [2.75, 3.05) is 18.5 Å². The highest BCUT2D eigenvalue weighted by Crippen LogP contribution is 2.16. The Morgan fingerprint density at radius 3 is 3.05 bits per heavy atom. The summed E-state index contributed by atoms with van der Waals surface area (Å²) in [5.74, 6) is 0.782. The van der Waals surface area contributed by atoms with Crippen LogP contribution in [0.5, 0.6) is 0 Å². The maximum atomic E-state index is 11.9. The first-order chi connectivity index (χ1) is 9.83. The number of aromatic nitrogens is 1. The minimum absolute atomic E-state index is 0.0421. The molecule has 106 valence electrons. The monoisotopic (exact) mass is 272 g/mol. The lowest BCUT2D eigenvalue weighted by Gasteiger charge is -2.22. The standard InChI is InChI=1S/C16H20N2O2/c19-16-14-7-2-1-5-12(14)11-15(18-16)17-9-8-13-6-3-4-10-20-13/h1-2,5,7,11,13H,3-4,6,8-10H2,(H2,17,18,19). The predicted octanol–water partition coefficient (Wildman–Crippen LogP) is 2.90. The molecule has 0 radical (unpaired) electrons. The van der Waals surface area contributed by atoms with Gasteiger partial charge in [0.05, 0.1) is 6.10 Å². The van der Waals surface area contributed by atoms with Crippen LogP contribution in [0.2, 0.25) is 0 Å². The topological polar surface area (TPSA) is 54.1 Å².